The molecule has 1 unspecified atom stereocenters. The van der Waals surface area contributed by atoms with Crippen LogP contribution in [0, 0.1) is 13.8 Å². The summed E-state index contributed by atoms with van der Waals surface area (Å²) in [4.78, 5) is 28.8. The maximum Gasteiger partial charge on any atom is 0.337 e. The number of aromatic amines is 1. The zero-order chi connectivity index (χ0) is 16.8. The molecule has 3 rings (SSSR count). The lowest BCUT2D eigenvalue weighted by molar-refractivity contribution is -0.160. The Labute approximate surface area is 134 Å². The summed E-state index contributed by atoms with van der Waals surface area (Å²) >= 11 is 0. The van der Waals surface area contributed by atoms with Crippen molar-refractivity contribution in [3.63, 3.8) is 0 Å². The number of carbonyl (C=O) groups excluding carboxylic acids is 1. The fourth-order valence-corrected chi connectivity index (χ4v) is 3.27. The summed E-state index contributed by atoms with van der Waals surface area (Å²) in [6.45, 7) is 4.44. The van der Waals surface area contributed by atoms with Crippen LogP contribution in [0.4, 0.5) is 0 Å². The van der Waals surface area contributed by atoms with E-state index in [-0.39, 0.29) is 12.5 Å². The molecule has 2 aromatic rings. The van der Waals surface area contributed by atoms with E-state index < -0.39 is 11.6 Å². The van der Waals surface area contributed by atoms with Gasteiger partial charge in [-0.3, -0.25) is 4.79 Å². The third-order valence-corrected chi connectivity index (χ3v) is 4.62. The van der Waals surface area contributed by atoms with E-state index in [0.717, 1.165) is 22.0 Å². The smallest absolute Gasteiger partial charge is 0.337 e. The molecule has 0 saturated carbocycles. The number of ether oxygens (including phenoxy) is 1. The van der Waals surface area contributed by atoms with Gasteiger partial charge in [0.15, 0.2) is 5.60 Å². The average Bonchev–Trinajstić information content (AvgIpc) is 3.11. The van der Waals surface area contributed by atoms with Gasteiger partial charge in [0.1, 0.15) is 5.69 Å². The fraction of sp³-hybridized carbons (Fsp3) is 0.412. The number of rotatable bonds is 3. The molecule has 122 valence electrons. The maximum atomic E-state index is 12.7. The summed E-state index contributed by atoms with van der Waals surface area (Å²) in [5.74, 6) is -1.23. The number of carbonyl (C=O) groups is 2. The van der Waals surface area contributed by atoms with Gasteiger partial charge in [-0.25, -0.2) is 4.79 Å². The topological polar surface area (TPSA) is 82.6 Å². The van der Waals surface area contributed by atoms with Gasteiger partial charge in [-0.1, -0.05) is 6.07 Å². The molecule has 1 saturated heterocycles. The van der Waals surface area contributed by atoms with E-state index in [1.165, 1.54) is 12.0 Å². The number of aryl methyl sites for hydroxylation is 2. The molecule has 1 atom stereocenters. The Kier molecular flexibility index (Phi) is 3.64. The number of fused-ring (bicyclic) bond motifs is 1. The Hall–Kier alpha value is -2.34. The first-order chi connectivity index (χ1) is 10.9. The highest BCUT2D eigenvalue weighted by atomic mass is 16.5. The largest absolute Gasteiger partial charge is 0.479 e. The van der Waals surface area contributed by atoms with Crippen LogP contribution in [0.2, 0.25) is 0 Å². The van der Waals surface area contributed by atoms with Gasteiger partial charge >= 0.3 is 5.97 Å². The summed E-state index contributed by atoms with van der Waals surface area (Å²) in [5, 5.41) is 10.4. The van der Waals surface area contributed by atoms with Gasteiger partial charge in [0.05, 0.1) is 6.54 Å². The van der Waals surface area contributed by atoms with Gasteiger partial charge < -0.3 is 19.7 Å². The lowest BCUT2D eigenvalue weighted by Gasteiger charge is -2.22. The third kappa shape index (κ3) is 2.49. The van der Waals surface area contributed by atoms with Crippen molar-refractivity contribution in [3.05, 3.63) is 35.0 Å². The molecule has 1 aliphatic heterocycles. The standard InChI is InChI=1S/C17H20N2O4/c1-10-6-11(2)12-8-14(18-13(12)7-10)15(20)19-5-4-17(9-19,23-3)16(21)22/h6-8,18H,4-5,9H2,1-3H3,(H,21,22). The molecule has 0 spiro atoms. The molecular weight excluding hydrogens is 296 g/mol. The number of aromatic nitrogens is 1. The zero-order valence-corrected chi connectivity index (χ0v) is 13.5. The van der Waals surface area contributed by atoms with Crippen LogP contribution in [-0.4, -0.2) is 52.7 Å². The Balaban J connectivity index is 1.90. The fourth-order valence-electron chi connectivity index (χ4n) is 3.27. The number of hydrogen-bond acceptors (Lipinski definition) is 3. The lowest BCUT2D eigenvalue weighted by Crippen LogP contribution is -2.44. The monoisotopic (exact) mass is 316 g/mol. The summed E-state index contributed by atoms with van der Waals surface area (Å²) in [5.41, 5.74) is 2.33. The number of hydrogen-bond donors (Lipinski definition) is 2. The summed E-state index contributed by atoms with van der Waals surface area (Å²) < 4.78 is 5.17. The van der Waals surface area contributed by atoms with Gasteiger partial charge in [-0.15, -0.1) is 0 Å². The number of nitrogens with one attached hydrogen (secondary N) is 1. The van der Waals surface area contributed by atoms with Crippen LogP contribution in [0.15, 0.2) is 18.2 Å². The Morgan fingerprint density at radius 1 is 1.30 bits per heavy atom. The first kappa shape index (κ1) is 15.6. The molecule has 1 fully saturated rings. The van der Waals surface area contributed by atoms with E-state index in [4.69, 9.17) is 4.74 Å². The third-order valence-electron chi connectivity index (χ3n) is 4.62. The van der Waals surface area contributed by atoms with Gasteiger partial charge in [-0.05, 0) is 37.1 Å². The van der Waals surface area contributed by atoms with Crippen molar-refractivity contribution >= 4 is 22.8 Å². The van der Waals surface area contributed by atoms with E-state index in [0.29, 0.717) is 18.7 Å². The summed E-state index contributed by atoms with van der Waals surface area (Å²) in [6.07, 6.45) is 0.295. The average molecular weight is 316 g/mol. The molecule has 1 aromatic carbocycles. The quantitative estimate of drug-likeness (QED) is 0.908. The molecule has 2 N–H and O–H groups in total. The maximum absolute atomic E-state index is 12.7. The van der Waals surface area contributed by atoms with Crippen molar-refractivity contribution in [1.29, 1.82) is 0 Å². The van der Waals surface area contributed by atoms with Crippen LogP contribution in [0.25, 0.3) is 10.9 Å². The number of benzene rings is 1. The highest BCUT2D eigenvalue weighted by Crippen LogP contribution is 2.28. The Morgan fingerprint density at radius 2 is 2.04 bits per heavy atom. The molecule has 2 heterocycles. The first-order valence-electron chi connectivity index (χ1n) is 7.54. The van der Waals surface area contributed by atoms with Crippen LogP contribution in [0.5, 0.6) is 0 Å². The zero-order valence-electron chi connectivity index (χ0n) is 13.5. The number of amides is 1. The second-order valence-electron chi connectivity index (χ2n) is 6.21. The van der Waals surface area contributed by atoms with Gasteiger partial charge in [0.2, 0.25) is 0 Å². The minimum atomic E-state index is -1.30. The molecule has 1 amide bonds. The summed E-state index contributed by atoms with van der Waals surface area (Å²) in [6, 6.07) is 5.90. The second kappa shape index (κ2) is 5.38. The van der Waals surface area contributed by atoms with E-state index in [1.54, 1.807) is 0 Å². The number of methoxy groups -OCH3 is 1. The molecule has 0 bridgehead atoms. The molecular formula is C17H20N2O4. The molecule has 1 aromatic heterocycles. The Bertz CT molecular complexity index is 795. The predicted octanol–water partition coefficient (Wildman–Crippen LogP) is 2.10. The number of aliphatic carboxylic acids is 1. The molecule has 1 aliphatic rings. The minimum absolute atomic E-state index is 0.0606. The van der Waals surface area contributed by atoms with Crippen molar-refractivity contribution < 1.29 is 19.4 Å². The van der Waals surface area contributed by atoms with Gasteiger partial charge in [0, 0.05) is 31.0 Å². The van der Waals surface area contributed by atoms with Crippen LogP contribution in [0.1, 0.15) is 28.0 Å². The van der Waals surface area contributed by atoms with E-state index in [2.05, 4.69) is 11.1 Å². The SMILES string of the molecule is COC1(C(=O)O)CCN(C(=O)c2cc3c(C)cc(C)cc3[nH]2)C1. The second-order valence-corrected chi connectivity index (χ2v) is 6.21. The Morgan fingerprint density at radius 3 is 2.65 bits per heavy atom. The molecule has 6 nitrogen and oxygen atoms in total. The van der Waals surface area contributed by atoms with Crippen molar-refractivity contribution in [2.45, 2.75) is 25.9 Å². The van der Waals surface area contributed by atoms with Crippen molar-refractivity contribution in [1.82, 2.24) is 9.88 Å². The normalized spacial score (nSPS) is 21.1. The van der Waals surface area contributed by atoms with Crippen LogP contribution in [0.3, 0.4) is 0 Å². The van der Waals surface area contributed by atoms with E-state index in [1.807, 2.05) is 26.0 Å². The number of H-pyrrole nitrogens is 1. The molecule has 0 radical (unpaired) electrons. The van der Waals surface area contributed by atoms with Crippen LogP contribution >= 0.6 is 0 Å². The van der Waals surface area contributed by atoms with Crippen LogP contribution < -0.4 is 0 Å². The van der Waals surface area contributed by atoms with Crippen molar-refractivity contribution in [3.8, 4) is 0 Å². The molecule has 6 heteroatoms. The number of nitrogens with zero attached hydrogens (tertiary/aromatic N) is 1. The first-order valence-corrected chi connectivity index (χ1v) is 7.54. The van der Waals surface area contributed by atoms with Gasteiger partial charge in [0.25, 0.3) is 5.91 Å². The van der Waals surface area contributed by atoms with Gasteiger partial charge in [-0.2, -0.15) is 0 Å². The van der Waals surface area contributed by atoms with Crippen molar-refractivity contribution in [2.75, 3.05) is 20.2 Å². The van der Waals surface area contributed by atoms with Crippen molar-refractivity contribution in [2.24, 2.45) is 0 Å². The minimum Gasteiger partial charge on any atom is -0.479 e. The number of carboxylic acids is 1. The highest BCUT2D eigenvalue weighted by molar-refractivity contribution is 5.99. The molecule has 0 aliphatic carbocycles. The molecule has 23 heavy (non-hydrogen) atoms. The highest BCUT2D eigenvalue weighted by Gasteiger charge is 2.47. The predicted molar refractivity (Wildman–Crippen MR) is 85.7 cm³/mol. The van der Waals surface area contributed by atoms with Crippen LogP contribution in [-0.2, 0) is 9.53 Å². The number of carboxylic acid groups (broad SMARTS) is 1. The van der Waals surface area contributed by atoms with E-state index >= 15 is 0 Å². The summed E-state index contributed by atoms with van der Waals surface area (Å²) in [7, 11) is 1.37. The lowest BCUT2D eigenvalue weighted by atomic mass is 10.0. The number of likely N-dealkylation sites (tertiary alicyclic amines) is 1. The van der Waals surface area contributed by atoms with E-state index in [9.17, 15) is 14.7 Å².